The van der Waals surface area contributed by atoms with Crippen molar-refractivity contribution in [1.82, 2.24) is 14.8 Å². The molecule has 4 aromatic rings. The molecule has 0 saturated carbocycles. The number of carboxylic acid groups (broad SMARTS) is 1. The van der Waals surface area contributed by atoms with Gasteiger partial charge in [-0.2, -0.15) is 0 Å². The predicted octanol–water partition coefficient (Wildman–Crippen LogP) is 3.74. The summed E-state index contributed by atoms with van der Waals surface area (Å²) >= 11 is 1.10. The Balaban J connectivity index is 1.61. The zero-order valence-electron chi connectivity index (χ0n) is 16.8. The van der Waals surface area contributed by atoms with Crippen LogP contribution in [0.5, 0.6) is 5.75 Å². The number of thioether (sulfide) groups is 1. The fourth-order valence-electron chi connectivity index (χ4n) is 2.99. The van der Waals surface area contributed by atoms with Crippen molar-refractivity contribution in [1.29, 1.82) is 0 Å². The summed E-state index contributed by atoms with van der Waals surface area (Å²) in [6.07, 6.45) is 0. The number of aliphatic carboxylic acids is 1. The van der Waals surface area contributed by atoms with Crippen LogP contribution < -0.4 is 9.84 Å². The number of carbonyl (C=O) groups is 1. The van der Waals surface area contributed by atoms with Gasteiger partial charge in [-0.1, -0.05) is 60.3 Å². The Morgan fingerprint density at radius 1 is 0.968 bits per heavy atom. The average molecular weight is 431 g/mol. The first kappa shape index (κ1) is 20.7. The van der Waals surface area contributed by atoms with Gasteiger partial charge in [0.15, 0.2) is 11.0 Å². The molecule has 6 nitrogen and oxygen atoms in total. The Kier molecular flexibility index (Phi) is 6.33. The molecule has 0 bridgehead atoms. The van der Waals surface area contributed by atoms with Crippen LogP contribution in [0.2, 0.25) is 0 Å². The zero-order chi connectivity index (χ0) is 21.6. The normalized spacial score (nSPS) is 11.8. The van der Waals surface area contributed by atoms with Gasteiger partial charge in [0.25, 0.3) is 0 Å². The molecule has 1 aromatic heterocycles. The predicted molar refractivity (Wildman–Crippen MR) is 118 cm³/mol. The molecular weight excluding hydrogens is 410 g/mol. The number of aromatic nitrogens is 3. The van der Waals surface area contributed by atoms with E-state index in [1.807, 2.05) is 89.5 Å². The highest BCUT2D eigenvalue weighted by Gasteiger charge is 2.18. The van der Waals surface area contributed by atoms with Crippen LogP contribution in [0.1, 0.15) is 12.5 Å². The molecule has 156 valence electrons. The van der Waals surface area contributed by atoms with Crippen molar-refractivity contribution >= 4 is 17.7 Å². The minimum Gasteiger partial charge on any atom is -0.549 e. The topological polar surface area (TPSA) is 80.1 Å². The molecule has 7 heteroatoms. The fraction of sp³-hybridized carbons (Fsp3) is 0.125. The third-order valence-electron chi connectivity index (χ3n) is 4.62. The quantitative estimate of drug-likeness (QED) is 0.396. The lowest BCUT2D eigenvalue weighted by Gasteiger charge is -2.14. The Bertz CT molecular complexity index is 1150. The fourth-order valence-corrected chi connectivity index (χ4v) is 3.79. The number of para-hydroxylation sites is 1. The second-order valence-electron chi connectivity index (χ2n) is 6.85. The highest BCUT2D eigenvalue weighted by molar-refractivity contribution is 8.00. The number of benzene rings is 3. The van der Waals surface area contributed by atoms with Gasteiger partial charge in [0.1, 0.15) is 12.4 Å². The number of rotatable bonds is 8. The lowest BCUT2D eigenvalue weighted by Crippen LogP contribution is -2.31. The van der Waals surface area contributed by atoms with Crippen molar-refractivity contribution in [3.63, 3.8) is 0 Å². The molecule has 3 aromatic carbocycles. The Morgan fingerprint density at radius 3 is 2.26 bits per heavy atom. The van der Waals surface area contributed by atoms with E-state index in [0.717, 1.165) is 34.3 Å². The van der Waals surface area contributed by atoms with Crippen LogP contribution in [0, 0.1) is 0 Å². The van der Waals surface area contributed by atoms with Gasteiger partial charge in [-0.25, -0.2) is 0 Å². The lowest BCUT2D eigenvalue weighted by molar-refractivity contribution is -0.304. The van der Waals surface area contributed by atoms with Crippen LogP contribution in [0.25, 0.3) is 17.1 Å². The molecule has 1 heterocycles. The van der Waals surface area contributed by atoms with Gasteiger partial charge in [0.05, 0.1) is 5.97 Å². The van der Waals surface area contributed by atoms with E-state index in [-0.39, 0.29) is 0 Å². The molecule has 0 radical (unpaired) electrons. The first-order valence-corrected chi connectivity index (χ1v) is 10.7. The molecule has 0 unspecified atom stereocenters. The molecule has 31 heavy (non-hydrogen) atoms. The van der Waals surface area contributed by atoms with Crippen LogP contribution >= 0.6 is 11.8 Å². The SMILES string of the molecule is C[C@H](Sc1nnc(-c2ccc(OCc3ccccc3)cc2)n1-c1ccccc1)C(=O)[O-]. The lowest BCUT2D eigenvalue weighted by atomic mass is 10.2. The van der Waals surface area contributed by atoms with Crippen molar-refractivity contribution in [3.05, 3.63) is 90.5 Å². The number of nitrogens with zero attached hydrogens (tertiary/aromatic N) is 3. The average Bonchev–Trinajstić information content (AvgIpc) is 3.22. The summed E-state index contributed by atoms with van der Waals surface area (Å²) < 4.78 is 7.71. The largest absolute Gasteiger partial charge is 0.549 e. The van der Waals surface area contributed by atoms with Gasteiger partial charge in [-0.05, 0) is 48.9 Å². The maximum Gasteiger partial charge on any atom is 0.196 e. The summed E-state index contributed by atoms with van der Waals surface area (Å²) in [5, 5.41) is 19.5. The van der Waals surface area contributed by atoms with Crippen molar-refractivity contribution in [3.8, 4) is 22.8 Å². The Labute approximate surface area is 184 Å². The van der Waals surface area contributed by atoms with Gasteiger partial charge in [0.2, 0.25) is 0 Å². The van der Waals surface area contributed by atoms with Crippen molar-refractivity contribution < 1.29 is 14.6 Å². The number of hydrogen-bond donors (Lipinski definition) is 0. The molecule has 0 saturated heterocycles. The summed E-state index contributed by atoms with van der Waals surface area (Å²) in [4.78, 5) is 11.2. The van der Waals surface area contributed by atoms with E-state index in [2.05, 4.69) is 10.2 Å². The second kappa shape index (κ2) is 9.49. The number of carbonyl (C=O) groups excluding carboxylic acids is 1. The summed E-state index contributed by atoms with van der Waals surface area (Å²) in [6.45, 7) is 2.06. The van der Waals surface area contributed by atoms with Gasteiger partial charge in [0, 0.05) is 16.5 Å². The van der Waals surface area contributed by atoms with Crippen LogP contribution in [0.15, 0.2) is 90.1 Å². The number of hydrogen-bond acceptors (Lipinski definition) is 6. The van der Waals surface area contributed by atoms with E-state index < -0.39 is 11.2 Å². The van der Waals surface area contributed by atoms with Gasteiger partial charge in [-0.15, -0.1) is 10.2 Å². The maximum absolute atomic E-state index is 11.2. The van der Waals surface area contributed by atoms with Crippen LogP contribution in [0.4, 0.5) is 0 Å². The van der Waals surface area contributed by atoms with E-state index >= 15 is 0 Å². The summed E-state index contributed by atoms with van der Waals surface area (Å²) in [6, 6.07) is 27.2. The van der Waals surface area contributed by atoms with Crippen LogP contribution in [-0.4, -0.2) is 26.0 Å². The zero-order valence-corrected chi connectivity index (χ0v) is 17.7. The van der Waals surface area contributed by atoms with E-state index in [1.54, 1.807) is 6.92 Å². The highest BCUT2D eigenvalue weighted by Crippen LogP contribution is 2.30. The molecule has 0 fully saturated rings. The third-order valence-corrected chi connectivity index (χ3v) is 5.64. The standard InChI is InChI=1S/C24H21N3O3S/c1-17(23(28)29)31-24-26-25-22(27(24)20-10-6-3-7-11-20)19-12-14-21(15-13-19)30-16-18-8-4-2-5-9-18/h2-15,17H,16H2,1H3,(H,28,29)/p-1/t17-/m0/s1. The number of ether oxygens (including phenoxy) is 1. The molecule has 0 aliphatic rings. The van der Waals surface area contributed by atoms with E-state index in [9.17, 15) is 9.90 Å². The van der Waals surface area contributed by atoms with Gasteiger partial charge >= 0.3 is 0 Å². The Morgan fingerprint density at radius 2 is 1.61 bits per heavy atom. The Hall–Kier alpha value is -3.58. The van der Waals surface area contributed by atoms with E-state index in [0.29, 0.717) is 17.6 Å². The minimum atomic E-state index is -1.14. The molecule has 0 aliphatic heterocycles. The molecule has 4 rings (SSSR count). The molecule has 0 amide bonds. The van der Waals surface area contributed by atoms with Crippen molar-refractivity contribution in [2.24, 2.45) is 0 Å². The number of carboxylic acids is 1. The molecular formula is C24H20N3O3S-. The van der Waals surface area contributed by atoms with Crippen molar-refractivity contribution in [2.75, 3.05) is 0 Å². The van der Waals surface area contributed by atoms with Crippen LogP contribution in [-0.2, 0) is 11.4 Å². The summed E-state index contributed by atoms with van der Waals surface area (Å²) in [7, 11) is 0. The highest BCUT2D eigenvalue weighted by atomic mass is 32.2. The molecule has 1 atom stereocenters. The summed E-state index contributed by atoms with van der Waals surface area (Å²) in [5.74, 6) is 0.224. The third kappa shape index (κ3) is 4.95. The van der Waals surface area contributed by atoms with Gasteiger partial charge < -0.3 is 14.6 Å². The first-order chi connectivity index (χ1) is 15.1. The monoisotopic (exact) mass is 430 g/mol. The minimum absolute atomic E-state index is 0.488. The summed E-state index contributed by atoms with van der Waals surface area (Å²) in [5.41, 5.74) is 2.79. The molecule has 0 N–H and O–H groups in total. The smallest absolute Gasteiger partial charge is 0.196 e. The van der Waals surface area contributed by atoms with Crippen LogP contribution in [0.3, 0.4) is 0 Å². The first-order valence-electron chi connectivity index (χ1n) is 9.77. The maximum atomic E-state index is 11.2. The van der Waals surface area contributed by atoms with E-state index in [4.69, 9.17) is 4.74 Å². The van der Waals surface area contributed by atoms with Gasteiger partial charge in [-0.3, -0.25) is 4.57 Å². The van der Waals surface area contributed by atoms with Crippen molar-refractivity contribution in [2.45, 2.75) is 23.9 Å². The molecule has 0 spiro atoms. The molecule has 0 aliphatic carbocycles. The van der Waals surface area contributed by atoms with E-state index in [1.165, 1.54) is 0 Å². The second-order valence-corrected chi connectivity index (χ2v) is 8.16.